The second kappa shape index (κ2) is 2.20. The Balaban J connectivity index is 2.70. The number of aldehydes is 1. The number of nitrogens with one attached hydrogen (secondary N) is 1. The lowest BCUT2D eigenvalue weighted by molar-refractivity contribution is -0.108. The summed E-state index contributed by atoms with van der Waals surface area (Å²) in [6.45, 7) is 7.95. The van der Waals surface area contributed by atoms with E-state index in [2.05, 4.69) is 25.7 Å². The number of carbonyl (C=O) groups excluding carboxylic acids is 1. The highest BCUT2D eigenvalue weighted by molar-refractivity contribution is 5.64. The Bertz CT molecular complexity index is 172. The standard InChI is InChI=1S/C8H13NO/c1-6-4-8(2,3)9-7(6)5-10/h5,7,9H,1,4H2,2-3H3. The summed E-state index contributed by atoms with van der Waals surface area (Å²) in [6, 6.07) is -0.116. The van der Waals surface area contributed by atoms with Gasteiger partial charge in [0.2, 0.25) is 0 Å². The molecule has 0 aromatic rings. The Labute approximate surface area is 61.3 Å². The Kier molecular flexibility index (Phi) is 1.65. The summed E-state index contributed by atoms with van der Waals surface area (Å²) >= 11 is 0. The van der Waals surface area contributed by atoms with Crippen molar-refractivity contribution < 1.29 is 4.79 Å². The topological polar surface area (TPSA) is 29.1 Å². The second-order valence-electron chi connectivity index (χ2n) is 3.48. The molecule has 0 aliphatic carbocycles. The predicted octanol–water partition coefficient (Wildman–Crippen LogP) is 0.882. The van der Waals surface area contributed by atoms with Crippen LogP contribution in [0.2, 0.25) is 0 Å². The Hall–Kier alpha value is -0.630. The summed E-state index contributed by atoms with van der Waals surface area (Å²) < 4.78 is 0. The molecule has 56 valence electrons. The van der Waals surface area contributed by atoms with Crippen molar-refractivity contribution >= 4 is 6.29 Å². The van der Waals surface area contributed by atoms with Crippen LogP contribution in [0.3, 0.4) is 0 Å². The van der Waals surface area contributed by atoms with Gasteiger partial charge < -0.3 is 4.79 Å². The van der Waals surface area contributed by atoms with Crippen molar-refractivity contribution in [2.75, 3.05) is 0 Å². The fourth-order valence-electron chi connectivity index (χ4n) is 1.38. The molecule has 1 saturated heterocycles. The molecule has 0 radical (unpaired) electrons. The average Bonchev–Trinajstić information content (AvgIpc) is 2.05. The monoisotopic (exact) mass is 139 g/mol. The zero-order valence-electron chi connectivity index (χ0n) is 6.48. The summed E-state index contributed by atoms with van der Waals surface area (Å²) in [4.78, 5) is 10.4. The first-order valence-electron chi connectivity index (χ1n) is 3.46. The molecule has 1 N–H and O–H groups in total. The van der Waals surface area contributed by atoms with Crippen LogP contribution in [-0.2, 0) is 4.79 Å². The molecule has 2 nitrogen and oxygen atoms in total. The van der Waals surface area contributed by atoms with Gasteiger partial charge in [-0.2, -0.15) is 0 Å². The average molecular weight is 139 g/mol. The molecule has 1 fully saturated rings. The summed E-state index contributed by atoms with van der Waals surface area (Å²) in [7, 11) is 0. The Morgan fingerprint density at radius 2 is 2.40 bits per heavy atom. The number of hydrogen-bond donors (Lipinski definition) is 1. The second-order valence-corrected chi connectivity index (χ2v) is 3.48. The van der Waals surface area contributed by atoms with Crippen LogP contribution >= 0.6 is 0 Å². The lowest BCUT2D eigenvalue weighted by Crippen LogP contribution is -2.38. The van der Waals surface area contributed by atoms with Crippen molar-refractivity contribution in [1.82, 2.24) is 5.32 Å². The normalized spacial score (nSPS) is 30.6. The van der Waals surface area contributed by atoms with Crippen LogP contribution in [0.25, 0.3) is 0 Å². The lowest BCUT2D eigenvalue weighted by Gasteiger charge is -2.16. The van der Waals surface area contributed by atoms with Gasteiger partial charge in [-0.05, 0) is 20.3 Å². The van der Waals surface area contributed by atoms with Gasteiger partial charge in [-0.15, -0.1) is 0 Å². The maximum Gasteiger partial charge on any atom is 0.141 e. The zero-order chi connectivity index (χ0) is 7.78. The van der Waals surface area contributed by atoms with Crippen LogP contribution in [-0.4, -0.2) is 17.9 Å². The van der Waals surface area contributed by atoms with Crippen molar-refractivity contribution in [1.29, 1.82) is 0 Å². The van der Waals surface area contributed by atoms with Crippen molar-refractivity contribution in [3.63, 3.8) is 0 Å². The summed E-state index contributed by atoms with van der Waals surface area (Å²) in [5, 5.41) is 3.16. The lowest BCUT2D eigenvalue weighted by atomic mass is 10.0. The molecular weight excluding hydrogens is 126 g/mol. The molecule has 0 spiro atoms. The zero-order valence-corrected chi connectivity index (χ0v) is 6.48. The molecule has 0 amide bonds. The summed E-state index contributed by atoms with van der Waals surface area (Å²) in [5.41, 5.74) is 1.06. The first-order valence-corrected chi connectivity index (χ1v) is 3.46. The van der Waals surface area contributed by atoms with Crippen LogP contribution in [0.4, 0.5) is 0 Å². The third kappa shape index (κ3) is 1.27. The van der Waals surface area contributed by atoms with Crippen LogP contribution < -0.4 is 5.32 Å². The van der Waals surface area contributed by atoms with Crippen LogP contribution in [0.15, 0.2) is 12.2 Å². The molecule has 1 heterocycles. The maximum atomic E-state index is 10.4. The van der Waals surface area contributed by atoms with E-state index in [0.717, 1.165) is 18.3 Å². The van der Waals surface area contributed by atoms with Gasteiger partial charge in [0.1, 0.15) is 6.29 Å². The minimum atomic E-state index is -0.116. The molecule has 1 atom stereocenters. The Morgan fingerprint density at radius 1 is 1.80 bits per heavy atom. The predicted molar refractivity (Wildman–Crippen MR) is 40.8 cm³/mol. The third-order valence-electron chi connectivity index (χ3n) is 1.79. The van der Waals surface area contributed by atoms with Crippen LogP contribution in [0.1, 0.15) is 20.3 Å². The van der Waals surface area contributed by atoms with E-state index in [1.807, 2.05) is 0 Å². The highest BCUT2D eigenvalue weighted by Crippen LogP contribution is 2.24. The minimum Gasteiger partial charge on any atom is -0.301 e. The quantitative estimate of drug-likeness (QED) is 0.431. The number of hydrogen-bond acceptors (Lipinski definition) is 2. The molecule has 0 aromatic carbocycles. The van der Waals surface area contributed by atoms with Gasteiger partial charge in [0.25, 0.3) is 0 Å². The van der Waals surface area contributed by atoms with Gasteiger partial charge in [0, 0.05) is 5.54 Å². The molecule has 1 rings (SSSR count). The van der Waals surface area contributed by atoms with Gasteiger partial charge in [-0.25, -0.2) is 0 Å². The SMILES string of the molecule is C=C1CC(C)(C)NC1C=O. The number of rotatable bonds is 1. The molecule has 2 heteroatoms. The van der Waals surface area contributed by atoms with E-state index in [9.17, 15) is 4.79 Å². The van der Waals surface area contributed by atoms with E-state index in [4.69, 9.17) is 0 Å². The minimum absolute atomic E-state index is 0.0582. The Morgan fingerprint density at radius 3 is 2.60 bits per heavy atom. The van der Waals surface area contributed by atoms with E-state index in [1.165, 1.54) is 0 Å². The summed E-state index contributed by atoms with van der Waals surface area (Å²) in [6.07, 6.45) is 1.81. The first-order chi connectivity index (χ1) is 4.55. The van der Waals surface area contributed by atoms with Crippen molar-refractivity contribution in [3.05, 3.63) is 12.2 Å². The van der Waals surface area contributed by atoms with Gasteiger partial charge in [-0.3, -0.25) is 5.32 Å². The molecular formula is C8H13NO. The molecule has 1 aliphatic rings. The molecule has 10 heavy (non-hydrogen) atoms. The maximum absolute atomic E-state index is 10.4. The van der Waals surface area contributed by atoms with E-state index in [1.54, 1.807) is 0 Å². The van der Waals surface area contributed by atoms with Gasteiger partial charge in [-0.1, -0.05) is 12.2 Å². The van der Waals surface area contributed by atoms with Crippen LogP contribution in [0, 0.1) is 0 Å². The molecule has 1 unspecified atom stereocenters. The summed E-state index contributed by atoms with van der Waals surface area (Å²) in [5.74, 6) is 0. The first kappa shape index (κ1) is 7.48. The van der Waals surface area contributed by atoms with E-state index >= 15 is 0 Å². The number of carbonyl (C=O) groups is 1. The van der Waals surface area contributed by atoms with Crippen molar-refractivity contribution in [2.45, 2.75) is 31.8 Å². The highest BCUT2D eigenvalue weighted by Gasteiger charge is 2.32. The fourth-order valence-corrected chi connectivity index (χ4v) is 1.38. The molecule has 0 saturated carbocycles. The molecule has 0 aromatic heterocycles. The highest BCUT2D eigenvalue weighted by atomic mass is 16.1. The van der Waals surface area contributed by atoms with Gasteiger partial charge in [0.05, 0.1) is 6.04 Å². The molecule has 1 aliphatic heterocycles. The van der Waals surface area contributed by atoms with Gasteiger partial charge >= 0.3 is 0 Å². The van der Waals surface area contributed by atoms with E-state index < -0.39 is 0 Å². The molecule has 0 bridgehead atoms. The van der Waals surface area contributed by atoms with Crippen molar-refractivity contribution in [2.24, 2.45) is 0 Å². The van der Waals surface area contributed by atoms with E-state index in [0.29, 0.717) is 0 Å². The van der Waals surface area contributed by atoms with Gasteiger partial charge in [0.15, 0.2) is 0 Å². The van der Waals surface area contributed by atoms with E-state index in [-0.39, 0.29) is 11.6 Å². The van der Waals surface area contributed by atoms with Crippen LogP contribution in [0.5, 0.6) is 0 Å². The largest absolute Gasteiger partial charge is 0.301 e. The third-order valence-corrected chi connectivity index (χ3v) is 1.79. The van der Waals surface area contributed by atoms with Crippen molar-refractivity contribution in [3.8, 4) is 0 Å². The smallest absolute Gasteiger partial charge is 0.141 e. The fraction of sp³-hybridized carbons (Fsp3) is 0.625.